The van der Waals surface area contributed by atoms with Crippen LogP contribution in [0, 0.1) is 6.92 Å². The van der Waals surface area contributed by atoms with Gasteiger partial charge in [0.1, 0.15) is 0 Å². The fourth-order valence-electron chi connectivity index (χ4n) is 2.99. The number of piperazine rings is 1. The molecule has 0 unspecified atom stereocenters. The molecule has 1 aromatic carbocycles. The Balaban J connectivity index is 1.28. The van der Waals surface area contributed by atoms with Crippen LogP contribution in [-0.2, 0) is 4.79 Å². The Morgan fingerprint density at radius 2 is 1.89 bits per heavy atom. The lowest BCUT2D eigenvalue weighted by atomic mass is 10.1. The zero-order chi connectivity index (χ0) is 19.3. The van der Waals surface area contributed by atoms with Crippen molar-refractivity contribution in [2.24, 2.45) is 0 Å². The standard InChI is InChI=1S/C19H20N6O2S/c1-14-4-2-5-15(12-14)17-22-23-19(27-17)28-13-16(26)24-8-10-25(11-9-24)18-20-6-3-7-21-18/h2-7,12H,8-11,13H2,1H3. The molecule has 0 spiro atoms. The minimum Gasteiger partial charge on any atom is -0.411 e. The van der Waals surface area contributed by atoms with Crippen LogP contribution in [-0.4, -0.2) is 62.9 Å². The molecule has 0 bridgehead atoms. The van der Waals surface area contributed by atoms with Gasteiger partial charge in [0.25, 0.3) is 5.22 Å². The first-order valence-corrected chi connectivity index (χ1v) is 10.0. The van der Waals surface area contributed by atoms with Gasteiger partial charge in [-0.2, -0.15) is 0 Å². The molecule has 0 aliphatic carbocycles. The fraction of sp³-hybridized carbons (Fsp3) is 0.316. The minimum absolute atomic E-state index is 0.0638. The number of rotatable bonds is 5. The van der Waals surface area contributed by atoms with Crippen LogP contribution in [0.2, 0.25) is 0 Å². The van der Waals surface area contributed by atoms with Gasteiger partial charge in [-0.15, -0.1) is 10.2 Å². The van der Waals surface area contributed by atoms with E-state index in [0.29, 0.717) is 30.2 Å². The maximum atomic E-state index is 12.5. The second-order valence-corrected chi connectivity index (χ2v) is 7.37. The summed E-state index contributed by atoms with van der Waals surface area (Å²) in [6.07, 6.45) is 3.46. The summed E-state index contributed by atoms with van der Waals surface area (Å²) in [6.45, 7) is 4.75. The van der Waals surface area contributed by atoms with Crippen molar-refractivity contribution in [3.8, 4) is 11.5 Å². The Morgan fingerprint density at radius 1 is 1.11 bits per heavy atom. The number of aryl methyl sites for hydroxylation is 1. The lowest BCUT2D eigenvalue weighted by molar-refractivity contribution is -0.128. The largest absolute Gasteiger partial charge is 0.411 e. The van der Waals surface area contributed by atoms with Crippen molar-refractivity contribution in [2.45, 2.75) is 12.1 Å². The van der Waals surface area contributed by atoms with Crippen LogP contribution in [0.1, 0.15) is 5.56 Å². The lowest BCUT2D eigenvalue weighted by Gasteiger charge is -2.34. The quantitative estimate of drug-likeness (QED) is 0.607. The molecule has 0 radical (unpaired) electrons. The van der Waals surface area contributed by atoms with Gasteiger partial charge < -0.3 is 14.2 Å². The van der Waals surface area contributed by atoms with E-state index in [1.165, 1.54) is 11.8 Å². The van der Waals surface area contributed by atoms with E-state index in [4.69, 9.17) is 4.42 Å². The van der Waals surface area contributed by atoms with E-state index in [2.05, 4.69) is 25.1 Å². The van der Waals surface area contributed by atoms with Gasteiger partial charge in [0.2, 0.25) is 17.7 Å². The van der Waals surface area contributed by atoms with Crippen LogP contribution in [0.25, 0.3) is 11.5 Å². The molecule has 0 N–H and O–H groups in total. The second-order valence-electron chi connectivity index (χ2n) is 6.45. The summed E-state index contributed by atoms with van der Waals surface area (Å²) >= 11 is 1.27. The van der Waals surface area contributed by atoms with Crippen molar-refractivity contribution >= 4 is 23.6 Å². The molecule has 144 valence electrons. The molecular weight excluding hydrogens is 376 g/mol. The van der Waals surface area contributed by atoms with E-state index in [0.717, 1.165) is 24.2 Å². The highest BCUT2D eigenvalue weighted by Gasteiger charge is 2.23. The molecule has 4 rings (SSSR count). The third-order valence-electron chi connectivity index (χ3n) is 4.46. The highest BCUT2D eigenvalue weighted by Crippen LogP contribution is 2.24. The number of carbonyl (C=O) groups excluding carboxylic acids is 1. The van der Waals surface area contributed by atoms with Gasteiger partial charge in [-0.25, -0.2) is 9.97 Å². The zero-order valence-electron chi connectivity index (χ0n) is 15.5. The monoisotopic (exact) mass is 396 g/mol. The van der Waals surface area contributed by atoms with Gasteiger partial charge in [-0.05, 0) is 25.1 Å². The zero-order valence-corrected chi connectivity index (χ0v) is 16.3. The van der Waals surface area contributed by atoms with Gasteiger partial charge in [-0.1, -0.05) is 29.5 Å². The molecule has 28 heavy (non-hydrogen) atoms. The Labute approximate surface area is 167 Å². The van der Waals surface area contributed by atoms with E-state index in [9.17, 15) is 4.79 Å². The van der Waals surface area contributed by atoms with E-state index in [1.54, 1.807) is 18.5 Å². The number of hydrogen-bond donors (Lipinski definition) is 0. The Kier molecular flexibility index (Phi) is 5.52. The highest BCUT2D eigenvalue weighted by molar-refractivity contribution is 7.99. The SMILES string of the molecule is Cc1cccc(-c2nnc(SCC(=O)N3CCN(c4ncccn4)CC3)o2)c1. The molecule has 0 saturated carbocycles. The average molecular weight is 396 g/mol. The van der Waals surface area contributed by atoms with E-state index >= 15 is 0 Å². The topological polar surface area (TPSA) is 88.3 Å². The van der Waals surface area contributed by atoms with Crippen molar-refractivity contribution in [3.05, 3.63) is 48.3 Å². The predicted octanol–water partition coefficient (Wildman–Crippen LogP) is 2.28. The molecule has 2 aromatic heterocycles. The predicted molar refractivity (Wildman–Crippen MR) is 106 cm³/mol. The summed E-state index contributed by atoms with van der Waals surface area (Å²) in [5.41, 5.74) is 2.00. The summed E-state index contributed by atoms with van der Waals surface area (Å²) in [7, 11) is 0. The Morgan fingerprint density at radius 3 is 2.64 bits per heavy atom. The molecule has 8 nitrogen and oxygen atoms in total. The van der Waals surface area contributed by atoms with Crippen LogP contribution >= 0.6 is 11.8 Å². The van der Waals surface area contributed by atoms with Gasteiger partial charge in [0.15, 0.2) is 0 Å². The third kappa shape index (κ3) is 4.30. The van der Waals surface area contributed by atoms with Gasteiger partial charge in [0.05, 0.1) is 5.75 Å². The molecule has 3 heterocycles. The number of amides is 1. The smallest absolute Gasteiger partial charge is 0.277 e. The molecule has 1 aliphatic rings. The normalized spacial score (nSPS) is 14.3. The summed E-state index contributed by atoms with van der Waals surface area (Å²) in [6, 6.07) is 9.67. The number of aromatic nitrogens is 4. The molecule has 1 fully saturated rings. The molecule has 0 atom stereocenters. The van der Waals surface area contributed by atoms with Crippen molar-refractivity contribution < 1.29 is 9.21 Å². The fourth-order valence-corrected chi connectivity index (χ4v) is 3.65. The molecule has 1 saturated heterocycles. The van der Waals surface area contributed by atoms with Crippen LogP contribution in [0.3, 0.4) is 0 Å². The van der Waals surface area contributed by atoms with Gasteiger partial charge >= 0.3 is 0 Å². The minimum atomic E-state index is 0.0638. The molecule has 9 heteroatoms. The van der Waals surface area contributed by atoms with Crippen molar-refractivity contribution in [1.82, 2.24) is 25.1 Å². The third-order valence-corrected chi connectivity index (χ3v) is 5.26. The molecule has 1 aliphatic heterocycles. The molecular formula is C19H20N6O2S. The van der Waals surface area contributed by atoms with E-state index in [-0.39, 0.29) is 11.7 Å². The first-order chi connectivity index (χ1) is 13.7. The average Bonchev–Trinajstić information content (AvgIpc) is 3.22. The van der Waals surface area contributed by atoms with Crippen LogP contribution < -0.4 is 4.90 Å². The van der Waals surface area contributed by atoms with Crippen molar-refractivity contribution in [1.29, 1.82) is 0 Å². The summed E-state index contributed by atoms with van der Waals surface area (Å²) in [4.78, 5) is 25.0. The van der Waals surface area contributed by atoms with Crippen molar-refractivity contribution in [2.75, 3.05) is 36.8 Å². The highest BCUT2D eigenvalue weighted by atomic mass is 32.2. The first-order valence-electron chi connectivity index (χ1n) is 9.02. The summed E-state index contributed by atoms with van der Waals surface area (Å²) in [5, 5.41) is 8.52. The summed E-state index contributed by atoms with van der Waals surface area (Å²) < 4.78 is 5.68. The van der Waals surface area contributed by atoms with E-state index < -0.39 is 0 Å². The Bertz CT molecular complexity index is 940. The number of carbonyl (C=O) groups is 1. The van der Waals surface area contributed by atoms with Crippen molar-refractivity contribution in [3.63, 3.8) is 0 Å². The van der Waals surface area contributed by atoms with Crippen LogP contribution in [0.4, 0.5) is 5.95 Å². The Hall–Kier alpha value is -2.94. The molecule has 3 aromatic rings. The molecule has 1 amide bonds. The van der Waals surface area contributed by atoms with Crippen LogP contribution in [0.5, 0.6) is 0 Å². The summed E-state index contributed by atoms with van der Waals surface area (Å²) in [5.74, 6) is 1.51. The number of benzene rings is 1. The van der Waals surface area contributed by atoms with Crippen LogP contribution in [0.15, 0.2) is 52.4 Å². The second kappa shape index (κ2) is 8.39. The van der Waals surface area contributed by atoms with E-state index in [1.807, 2.05) is 36.1 Å². The van der Waals surface area contributed by atoms with Gasteiger partial charge in [-0.3, -0.25) is 4.79 Å². The maximum absolute atomic E-state index is 12.5. The number of hydrogen-bond acceptors (Lipinski definition) is 8. The lowest BCUT2D eigenvalue weighted by Crippen LogP contribution is -2.49. The first kappa shape index (κ1) is 18.4. The maximum Gasteiger partial charge on any atom is 0.277 e. The number of thioether (sulfide) groups is 1. The number of anilines is 1. The van der Waals surface area contributed by atoms with Gasteiger partial charge in [0, 0.05) is 44.1 Å². The number of nitrogens with zero attached hydrogens (tertiary/aromatic N) is 6.